The Morgan fingerprint density at radius 2 is 0.963 bits per heavy atom. The molecule has 0 bridgehead atoms. The minimum atomic E-state index is -1.05. The number of hydrogen-bond donors (Lipinski definition) is 3. The van der Waals surface area contributed by atoms with E-state index >= 15 is 0 Å². The number of nitrogens with zero attached hydrogens (tertiary/aromatic N) is 6. The fourth-order valence-corrected chi connectivity index (χ4v) is 7.03. The van der Waals surface area contributed by atoms with Gasteiger partial charge in [-0.2, -0.15) is 0 Å². The van der Waals surface area contributed by atoms with E-state index in [1.165, 1.54) is 4.90 Å². The summed E-state index contributed by atoms with van der Waals surface area (Å²) in [4.78, 5) is 110. The minimum absolute atomic E-state index is 0.0254. The normalized spacial score (nSPS) is 14.5. The minimum Gasteiger partial charge on any atom is -0.494 e. The van der Waals surface area contributed by atoms with Crippen LogP contribution < -0.4 is 20.7 Å². The molecule has 0 radical (unpaired) electrons. The molecule has 3 N–H and O–H groups in total. The van der Waals surface area contributed by atoms with Crippen LogP contribution in [0.4, 0.5) is 33.6 Å². The molecule has 1 aromatic rings. The maximum Gasteiger partial charge on any atom is 0.437 e. The second-order valence-corrected chi connectivity index (χ2v) is 26.6. The standard InChI is InChI=1S/C58H97N9O15/c1-52(2,3)76-45(68)61-40-37-60-42(67(38-40)51(74)82-58(19,20)21)39-29-31-41(32-30-39)75-36-28-27-35-66(50(73)81-57(16,17)18)44(64-48(71)79-55(10,11)12)65(49(72)80-56(13,14)15)34-26-24-22-23-25-33-59-43(62-46(69)77-53(4,5)6)63-47(70)78-54(7,8)9/h29-32,40H,22-28,33-38H2,1-21H3,(H,61,68)(H2,59,62,63,69,70). The van der Waals surface area contributed by atoms with Crippen molar-refractivity contribution in [3.63, 3.8) is 0 Å². The number of nitrogens with one attached hydrogen (secondary N) is 3. The Morgan fingerprint density at radius 3 is 1.43 bits per heavy atom. The van der Waals surface area contributed by atoms with Crippen LogP contribution in [0, 0.1) is 0 Å². The molecule has 24 heteroatoms. The molecule has 0 saturated heterocycles. The molecule has 1 aliphatic heterocycles. The Hall–Kier alpha value is -6.88. The molecule has 1 unspecified atom stereocenters. The van der Waals surface area contributed by atoms with E-state index in [0.29, 0.717) is 55.7 Å². The second-order valence-electron chi connectivity index (χ2n) is 26.6. The molecule has 82 heavy (non-hydrogen) atoms. The van der Waals surface area contributed by atoms with Gasteiger partial charge in [0.2, 0.25) is 11.9 Å². The van der Waals surface area contributed by atoms with Crippen LogP contribution in [0.2, 0.25) is 0 Å². The summed E-state index contributed by atoms with van der Waals surface area (Å²) in [5.41, 5.74) is -5.47. The number of benzene rings is 1. The van der Waals surface area contributed by atoms with Crippen LogP contribution in [0.1, 0.15) is 196 Å². The highest BCUT2D eigenvalue weighted by Crippen LogP contribution is 2.23. The average molecular weight is 1160 g/mol. The third kappa shape index (κ3) is 31.4. The second kappa shape index (κ2) is 30.4. The summed E-state index contributed by atoms with van der Waals surface area (Å²) in [6.07, 6.45) is -2.14. The smallest absolute Gasteiger partial charge is 0.437 e. The molecule has 0 aromatic heterocycles. The van der Waals surface area contributed by atoms with E-state index in [9.17, 15) is 33.6 Å². The number of rotatable bonds is 16. The number of carbonyl (C=O) groups is 7. The highest BCUT2D eigenvalue weighted by Gasteiger charge is 2.37. The van der Waals surface area contributed by atoms with Gasteiger partial charge in [0.15, 0.2) is 0 Å². The molecule has 1 atom stereocenters. The predicted molar refractivity (Wildman–Crippen MR) is 312 cm³/mol. The first-order valence-electron chi connectivity index (χ1n) is 28.0. The number of alkyl carbamates (subject to hydrolysis) is 3. The number of unbranched alkanes of at least 4 members (excludes halogenated alkanes) is 5. The van der Waals surface area contributed by atoms with Gasteiger partial charge >= 0.3 is 42.7 Å². The third-order valence-corrected chi connectivity index (χ3v) is 9.96. The van der Waals surface area contributed by atoms with Crippen molar-refractivity contribution >= 4 is 60.4 Å². The third-order valence-electron chi connectivity index (χ3n) is 9.96. The Balaban J connectivity index is 2.37. The van der Waals surface area contributed by atoms with Gasteiger partial charge in [0.1, 0.15) is 50.8 Å². The first-order chi connectivity index (χ1) is 37.4. The summed E-state index contributed by atoms with van der Waals surface area (Å²) in [6.45, 7) is 36.5. The van der Waals surface area contributed by atoms with Crippen molar-refractivity contribution in [2.45, 2.75) is 236 Å². The number of ether oxygens (including phenoxy) is 8. The van der Waals surface area contributed by atoms with E-state index in [2.05, 4.69) is 30.9 Å². The van der Waals surface area contributed by atoms with E-state index in [4.69, 9.17) is 37.9 Å². The predicted octanol–water partition coefficient (Wildman–Crippen LogP) is 11.9. The van der Waals surface area contributed by atoms with E-state index in [1.54, 1.807) is 170 Å². The molecular formula is C58H97N9O15. The van der Waals surface area contributed by atoms with Gasteiger partial charge in [0, 0.05) is 25.2 Å². The van der Waals surface area contributed by atoms with Crippen LogP contribution in [-0.4, -0.2) is 160 Å². The lowest BCUT2D eigenvalue weighted by molar-refractivity contribution is 0.0266. The highest BCUT2D eigenvalue weighted by atomic mass is 16.6. The Kier molecular flexibility index (Phi) is 26.4. The molecule has 464 valence electrons. The first kappa shape index (κ1) is 71.2. The Morgan fingerprint density at radius 1 is 0.537 bits per heavy atom. The van der Waals surface area contributed by atoms with Gasteiger partial charge in [-0.15, -0.1) is 4.99 Å². The largest absolute Gasteiger partial charge is 0.494 e. The topological polar surface area (TPSA) is 276 Å². The number of amides is 7. The summed E-state index contributed by atoms with van der Waals surface area (Å²) in [7, 11) is 0. The maximum atomic E-state index is 14.3. The first-order valence-corrected chi connectivity index (χ1v) is 28.0. The number of guanidine groups is 2. The Labute approximate surface area is 486 Å². The molecule has 1 aromatic carbocycles. The quantitative estimate of drug-likeness (QED) is 0.0600. The molecule has 2 rings (SSSR count). The van der Waals surface area contributed by atoms with E-state index < -0.39 is 87.9 Å². The lowest BCUT2D eigenvalue weighted by Crippen LogP contribution is -2.54. The number of amidine groups is 1. The summed E-state index contributed by atoms with van der Waals surface area (Å²) >= 11 is 0. The van der Waals surface area contributed by atoms with Gasteiger partial charge < -0.3 is 43.2 Å². The molecular weight excluding hydrogens is 1060 g/mol. The van der Waals surface area contributed by atoms with Crippen molar-refractivity contribution in [3.05, 3.63) is 29.8 Å². The number of hydrogen-bond acceptors (Lipinski definition) is 17. The van der Waals surface area contributed by atoms with Gasteiger partial charge in [-0.3, -0.25) is 25.5 Å². The molecule has 1 aliphatic rings. The monoisotopic (exact) mass is 1160 g/mol. The lowest BCUT2D eigenvalue weighted by Gasteiger charge is -2.34. The number of carbonyl (C=O) groups excluding carboxylic acids is 7. The summed E-state index contributed by atoms with van der Waals surface area (Å²) < 4.78 is 45.2. The van der Waals surface area contributed by atoms with Gasteiger partial charge in [-0.25, -0.2) is 43.4 Å². The number of aliphatic imine (C=N–C) groups is 3. The SMILES string of the molecule is CC(C)(C)OC(=O)N=C(N(CCCCCCCN=C(NC(=O)OC(C)(C)C)NC(=O)OC(C)(C)C)C(=O)OC(C)(C)C)N(CCCCOc1ccc(C2=NCC(NC(=O)OC(C)(C)C)CN2C(=O)OC(C)(C)C)cc1)C(=O)OC(C)(C)C. The summed E-state index contributed by atoms with van der Waals surface area (Å²) in [5.74, 6) is 0.386. The van der Waals surface area contributed by atoms with Crippen LogP contribution in [0.3, 0.4) is 0 Å². The van der Waals surface area contributed by atoms with Crippen molar-refractivity contribution < 1.29 is 71.5 Å². The van der Waals surface area contributed by atoms with Gasteiger partial charge in [0.25, 0.3) is 0 Å². The van der Waals surface area contributed by atoms with Crippen molar-refractivity contribution in [2.75, 3.05) is 39.3 Å². The van der Waals surface area contributed by atoms with Gasteiger partial charge in [-0.05, 0) is 195 Å². The molecule has 0 fully saturated rings. The van der Waals surface area contributed by atoms with Crippen LogP contribution >= 0.6 is 0 Å². The zero-order valence-electron chi connectivity index (χ0n) is 52.9. The van der Waals surface area contributed by atoms with Crippen LogP contribution in [0.5, 0.6) is 5.75 Å². The van der Waals surface area contributed by atoms with Crippen molar-refractivity contribution in [3.8, 4) is 5.75 Å². The van der Waals surface area contributed by atoms with E-state index in [0.717, 1.165) is 9.80 Å². The van der Waals surface area contributed by atoms with Gasteiger partial charge in [0.05, 0.1) is 25.7 Å². The van der Waals surface area contributed by atoms with Crippen molar-refractivity contribution in [1.29, 1.82) is 0 Å². The van der Waals surface area contributed by atoms with Crippen LogP contribution in [-0.2, 0) is 33.2 Å². The molecule has 0 saturated carbocycles. The molecule has 0 aliphatic carbocycles. The fraction of sp³-hybridized carbons (Fsp3) is 0.724. The Bertz CT molecular complexity index is 2360. The molecule has 0 spiro atoms. The van der Waals surface area contributed by atoms with E-state index in [-0.39, 0.29) is 57.7 Å². The average Bonchev–Trinajstić information content (AvgIpc) is 3.25. The van der Waals surface area contributed by atoms with Crippen molar-refractivity contribution in [2.24, 2.45) is 15.0 Å². The zero-order chi connectivity index (χ0) is 62.7. The molecule has 7 amide bonds. The van der Waals surface area contributed by atoms with Crippen LogP contribution in [0.25, 0.3) is 0 Å². The molecule has 1 heterocycles. The van der Waals surface area contributed by atoms with Gasteiger partial charge in [-0.1, -0.05) is 19.3 Å². The summed E-state index contributed by atoms with van der Waals surface area (Å²) in [6, 6.07) is 6.45. The summed E-state index contributed by atoms with van der Waals surface area (Å²) in [5, 5.41) is 7.74. The van der Waals surface area contributed by atoms with Crippen LogP contribution in [0.15, 0.2) is 39.2 Å². The lowest BCUT2D eigenvalue weighted by atomic mass is 10.1. The van der Waals surface area contributed by atoms with E-state index in [1.807, 2.05) is 0 Å². The fourth-order valence-electron chi connectivity index (χ4n) is 7.03. The van der Waals surface area contributed by atoms with Crippen molar-refractivity contribution in [1.82, 2.24) is 30.7 Å². The molecule has 24 nitrogen and oxygen atoms in total. The maximum absolute atomic E-state index is 14.3. The zero-order valence-corrected chi connectivity index (χ0v) is 52.9. The highest BCUT2D eigenvalue weighted by molar-refractivity contribution is 6.07.